The molecular weight excluding hydrogens is 374 g/mol. The quantitative estimate of drug-likeness (QED) is 0.796. The Morgan fingerprint density at radius 3 is 2.69 bits per heavy atom. The molecule has 2 aromatic rings. The zero-order valence-corrected chi connectivity index (χ0v) is 16.0. The van der Waals surface area contributed by atoms with Gasteiger partial charge in [-0.3, -0.25) is 0 Å². The van der Waals surface area contributed by atoms with Crippen LogP contribution in [0.5, 0.6) is 17.2 Å². The second-order valence-electron chi connectivity index (χ2n) is 7.08. The summed E-state index contributed by atoms with van der Waals surface area (Å²) in [7, 11) is 1.62. The molecule has 0 aliphatic carbocycles. The first-order valence-corrected chi connectivity index (χ1v) is 9.57. The molecule has 29 heavy (non-hydrogen) atoms. The van der Waals surface area contributed by atoms with E-state index in [1.54, 1.807) is 7.11 Å². The standard InChI is InChI=1S/C22H21NO6/c1-26-14-4-2-3-13(9-14)20-15-10-18-19(28-8-7-27-18)11-16(15)23(5-6-24)17-12-29-22(25)21(17)20/h2-4,9-11,20,24H,5-8,12H2,1H3. The van der Waals surface area contributed by atoms with Crippen molar-refractivity contribution in [1.82, 2.24) is 0 Å². The highest BCUT2D eigenvalue weighted by atomic mass is 16.6. The lowest BCUT2D eigenvalue weighted by Crippen LogP contribution is -2.33. The number of ether oxygens (including phenoxy) is 4. The van der Waals surface area contributed by atoms with E-state index >= 15 is 0 Å². The summed E-state index contributed by atoms with van der Waals surface area (Å²) < 4.78 is 22.4. The summed E-state index contributed by atoms with van der Waals surface area (Å²) in [6, 6.07) is 11.6. The normalized spacial score (nSPS) is 19.6. The smallest absolute Gasteiger partial charge is 0.337 e. The first kappa shape index (κ1) is 17.9. The summed E-state index contributed by atoms with van der Waals surface area (Å²) in [4.78, 5) is 14.7. The second kappa shape index (κ2) is 7.00. The van der Waals surface area contributed by atoms with Gasteiger partial charge in [0.2, 0.25) is 0 Å². The lowest BCUT2D eigenvalue weighted by atomic mass is 9.80. The number of esters is 1. The maximum absolute atomic E-state index is 12.7. The molecule has 3 heterocycles. The molecule has 7 heteroatoms. The number of benzene rings is 2. The van der Waals surface area contributed by atoms with Crippen molar-refractivity contribution in [3.05, 3.63) is 58.8 Å². The molecule has 0 saturated heterocycles. The molecular formula is C22H21NO6. The van der Waals surface area contributed by atoms with Gasteiger partial charge < -0.3 is 29.0 Å². The molecule has 1 atom stereocenters. The van der Waals surface area contributed by atoms with Crippen LogP contribution in [0, 0.1) is 0 Å². The number of aliphatic hydroxyl groups is 1. The molecule has 0 amide bonds. The van der Waals surface area contributed by atoms with E-state index in [4.69, 9.17) is 18.9 Å². The Hall–Kier alpha value is -3.19. The Balaban J connectivity index is 1.75. The van der Waals surface area contributed by atoms with Crippen LogP contribution in [0.15, 0.2) is 47.7 Å². The third-order valence-corrected chi connectivity index (χ3v) is 5.53. The van der Waals surface area contributed by atoms with Crippen molar-refractivity contribution >= 4 is 11.7 Å². The number of cyclic esters (lactones) is 1. The van der Waals surface area contributed by atoms with Crippen molar-refractivity contribution in [3.63, 3.8) is 0 Å². The van der Waals surface area contributed by atoms with Crippen LogP contribution in [0.1, 0.15) is 17.0 Å². The van der Waals surface area contributed by atoms with Crippen LogP contribution < -0.4 is 19.1 Å². The Labute approximate surface area is 168 Å². The fraction of sp³-hybridized carbons (Fsp3) is 0.318. The highest BCUT2D eigenvalue weighted by Gasteiger charge is 2.42. The molecule has 3 aliphatic rings. The number of carbonyl (C=O) groups excluding carboxylic acids is 1. The SMILES string of the molecule is COc1cccc(C2C3=C(COC3=O)N(CCO)c3cc4c(cc32)OCCO4)c1. The van der Waals surface area contributed by atoms with Crippen molar-refractivity contribution in [2.45, 2.75) is 5.92 Å². The molecule has 150 valence electrons. The molecule has 3 aliphatic heterocycles. The molecule has 2 aromatic carbocycles. The second-order valence-corrected chi connectivity index (χ2v) is 7.08. The fourth-order valence-electron chi connectivity index (χ4n) is 4.30. The Morgan fingerprint density at radius 2 is 1.93 bits per heavy atom. The number of hydrogen-bond donors (Lipinski definition) is 1. The summed E-state index contributed by atoms with van der Waals surface area (Å²) >= 11 is 0. The van der Waals surface area contributed by atoms with E-state index in [1.165, 1.54) is 0 Å². The van der Waals surface area contributed by atoms with Gasteiger partial charge >= 0.3 is 5.97 Å². The van der Waals surface area contributed by atoms with E-state index in [1.807, 2.05) is 41.3 Å². The van der Waals surface area contributed by atoms with Crippen molar-refractivity contribution in [2.24, 2.45) is 0 Å². The summed E-state index contributed by atoms with van der Waals surface area (Å²) in [5, 5.41) is 9.66. The predicted molar refractivity (Wildman–Crippen MR) is 105 cm³/mol. The van der Waals surface area contributed by atoms with Gasteiger partial charge in [0.25, 0.3) is 0 Å². The Bertz CT molecular complexity index is 1010. The highest BCUT2D eigenvalue weighted by Crippen LogP contribution is 2.51. The van der Waals surface area contributed by atoms with Crippen molar-refractivity contribution in [3.8, 4) is 17.2 Å². The maximum atomic E-state index is 12.7. The lowest BCUT2D eigenvalue weighted by Gasteiger charge is -2.36. The minimum absolute atomic E-state index is 0.0529. The number of nitrogens with zero attached hydrogens (tertiary/aromatic N) is 1. The van der Waals surface area contributed by atoms with Gasteiger partial charge in [0.15, 0.2) is 11.5 Å². The first-order valence-electron chi connectivity index (χ1n) is 9.57. The number of hydrogen-bond acceptors (Lipinski definition) is 7. The largest absolute Gasteiger partial charge is 0.497 e. The molecule has 0 aromatic heterocycles. The molecule has 0 radical (unpaired) electrons. The summed E-state index contributed by atoms with van der Waals surface area (Å²) in [6.07, 6.45) is 0. The Morgan fingerprint density at radius 1 is 1.14 bits per heavy atom. The number of β-amino-alcohol motifs (C(OH)–C–C–N with tert-alkyl or cyclic N) is 1. The van der Waals surface area contributed by atoms with E-state index in [2.05, 4.69) is 0 Å². The molecule has 1 N–H and O–H groups in total. The number of rotatable bonds is 4. The van der Waals surface area contributed by atoms with Crippen molar-refractivity contribution in [2.75, 3.05) is 45.0 Å². The molecule has 5 rings (SSSR count). The van der Waals surface area contributed by atoms with Gasteiger partial charge in [0.05, 0.1) is 25.0 Å². The third kappa shape index (κ3) is 2.81. The van der Waals surface area contributed by atoms with Gasteiger partial charge in [-0.15, -0.1) is 0 Å². The number of methoxy groups -OCH3 is 1. The zero-order valence-electron chi connectivity index (χ0n) is 16.0. The highest BCUT2D eigenvalue weighted by molar-refractivity contribution is 5.97. The van der Waals surface area contributed by atoms with Crippen LogP contribution >= 0.6 is 0 Å². The van der Waals surface area contributed by atoms with Crippen LogP contribution in [0.3, 0.4) is 0 Å². The van der Waals surface area contributed by atoms with E-state index in [0.717, 1.165) is 22.5 Å². The van der Waals surface area contributed by atoms with Crippen LogP contribution in [0.4, 0.5) is 5.69 Å². The molecule has 0 spiro atoms. The fourth-order valence-corrected chi connectivity index (χ4v) is 4.30. The predicted octanol–water partition coefficient (Wildman–Crippen LogP) is 2.22. The number of carbonyl (C=O) groups is 1. The lowest BCUT2D eigenvalue weighted by molar-refractivity contribution is -0.136. The minimum atomic E-state index is -0.337. The van der Waals surface area contributed by atoms with Gasteiger partial charge in [-0.2, -0.15) is 0 Å². The molecule has 0 fully saturated rings. The molecule has 1 unspecified atom stereocenters. The topological polar surface area (TPSA) is 77.5 Å². The van der Waals surface area contributed by atoms with E-state index < -0.39 is 0 Å². The maximum Gasteiger partial charge on any atom is 0.337 e. The van der Waals surface area contributed by atoms with Crippen LogP contribution in [-0.2, 0) is 9.53 Å². The van der Waals surface area contributed by atoms with Gasteiger partial charge in [-0.1, -0.05) is 12.1 Å². The minimum Gasteiger partial charge on any atom is -0.497 e. The van der Waals surface area contributed by atoms with Crippen LogP contribution in [-0.4, -0.2) is 51.2 Å². The number of anilines is 1. The number of aliphatic hydroxyl groups excluding tert-OH is 1. The average Bonchev–Trinajstić information content (AvgIpc) is 3.14. The zero-order chi connectivity index (χ0) is 20.0. The molecule has 0 bridgehead atoms. The number of fused-ring (bicyclic) bond motifs is 2. The van der Waals surface area contributed by atoms with Crippen LogP contribution in [0.2, 0.25) is 0 Å². The van der Waals surface area contributed by atoms with Crippen LogP contribution in [0.25, 0.3) is 0 Å². The molecule has 0 saturated carbocycles. The van der Waals surface area contributed by atoms with Crippen molar-refractivity contribution in [1.29, 1.82) is 0 Å². The van der Waals surface area contributed by atoms with E-state index in [-0.39, 0.29) is 25.1 Å². The third-order valence-electron chi connectivity index (χ3n) is 5.53. The van der Waals surface area contributed by atoms with E-state index in [9.17, 15) is 9.90 Å². The summed E-state index contributed by atoms with van der Waals surface area (Å²) in [5.41, 5.74) is 4.09. The van der Waals surface area contributed by atoms with Gasteiger partial charge in [-0.05, 0) is 29.3 Å². The van der Waals surface area contributed by atoms with Gasteiger partial charge in [0, 0.05) is 24.2 Å². The summed E-state index contributed by atoms with van der Waals surface area (Å²) in [5.74, 6) is 1.37. The van der Waals surface area contributed by atoms with Crippen molar-refractivity contribution < 1.29 is 28.8 Å². The summed E-state index contributed by atoms with van der Waals surface area (Å²) in [6.45, 7) is 1.45. The van der Waals surface area contributed by atoms with Gasteiger partial charge in [-0.25, -0.2) is 4.79 Å². The molecule has 7 nitrogen and oxygen atoms in total. The Kier molecular flexibility index (Phi) is 4.32. The monoisotopic (exact) mass is 395 g/mol. The first-order chi connectivity index (χ1) is 14.2. The average molecular weight is 395 g/mol. The van der Waals surface area contributed by atoms with E-state index in [0.29, 0.717) is 42.6 Å². The van der Waals surface area contributed by atoms with Gasteiger partial charge in [0.1, 0.15) is 25.6 Å².